The van der Waals surface area contributed by atoms with Crippen molar-refractivity contribution in [3.05, 3.63) is 48.5 Å². The van der Waals surface area contributed by atoms with Crippen molar-refractivity contribution >= 4 is 21.4 Å². The quantitative estimate of drug-likeness (QED) is 0.804. The molecule has 0 aliphatic carbocycles. The monoisotopic (exact) mass is 306 g/mol. The summed E-state index contributed by atoms with van der Waals surface area (Å²) in [6.07, 6.45) is 0.856. The highest BCUT2D eigenvalue weighted by molar-refractivity contribution is 7.92. The molecule has 0 saturated heterocycles. The van der Waals surface area contributed by atoms with Crippen LogP contribution in [-0.2, 0) is 10.0 Å². The van der Waals surface area contributed by atoms with E-state index in [0.29, 0.717) is 23.7 Å². The average Bonchev–Trinajstić information content (AvgIpc) is 2.46. The fraction of sp³-hybridized carbons (Fsp3) is 0.200. The number of nitrogens with one attached hydrogen (secondary N) is 1. The molecule has 112 valence electrons. The predicted octanol–water partition coefficient (Wildman–Crippen LogP) is 2.86. The summed E-state index contributed by atoms with van der Waals surface area (Å²) < 4.78 is 32.5. The van der Waals surface area contributed by atoms with E-state index in [-0.39, 0.29) is 4.90 Å². The molecule has 0 radical (unpaired) electrons. The zero-order valence-corrected chi connectivity index (χ0v) is 12.6. The molecule has 0 aliphatic heterocycles. The molecule has 0 fully saturated rings. The summed E-state index contributed by atoms with van der Waals surface area (Å²) in [6.45, 7) is 2.53. The van der Waals surface area contributed by atoms with Crippen LogP contribution in [0.2, 0.25) is 0 Å². The lowest BCUT2D eigenvalue weighted by molar-refractivity contribution is 0.319. The standard InChI is InChI=1S/C15H18N2O3S/c1-2-10-20-15-9-8-13(11-14(15)16)21(18,19)17-12-6-4-3-5-7-12/h3-9,11,17H,2,10,16H2,1H3. The second kappa shape index (κ2) is 6.49. The number of benzene rings is 2. The van der Waals surface area contributed by atoms with E-state index in [0.717, 1.165) is 6.42 Å². The van der Waals surface area contributed by atoms with Crippen LogP contribution in [0.15, 0.2) is 53.4 Å². The van der Waals surface area contributed by atoms with Crippen LogP contribution in [0.3, 0.4) is 0 Å². The molecule has 2 aromatic carbocycles. The number of rotatable bonds is 6. The fourth-order valence-corrected chi connectivity index (χ4v) is 2.85. The Balaban J connectivity index is 2.22. The molecule has 3 N–H and O–H groups in total. The van der Waals surface area contributed by atoms with Crippen LogP contribution in [-0.4, -0.2) is 15.0 Å². The Kier molecular flexibility index (Phi) is 4.70. The third-order valence-electron chi connectivity index (χ3n) is 2.78. The van der Waals surface area contributed by atoms with Gasteiger partial charge in [-0.25, -0.2) is 8.42 Å². The molecule has 5 nitrogen and oxygen atoms in total. The van der Waals surface area contributed by atoms with Crippen molar-refractivity contribution in [3.8, 4) is 5.75 Å². The molecule has 2 aromatic rings. The maximum Gasteiger partial charge on any atom is 0.261 e. The van der Waals surface area contributed by atoms with E-state index in [2.05, 4.69) is 4.72 Å². The molecule has 0 bridgehead atoms. The van der Waals surface area contributed by atoms with Crippen LogP contribution in [0, 0.1) is 0 Å². The van der Waals surface area contributed by atoms with Gasteiger partial charge in [0.1, 0.15) is 5.75 Å². The number of para-hydroxylation sites is 1. The molecule has 2 rings (SSSR count). The first kappa shape index (κ1) is 15.2. The number of hydrogen-bond donors (Lipinski definition) is 2. The molecule has 21 heavy (non-hydrogen) atoms. The van der Waals surface area contributed by atoms with Crippen LogP contribution in [0.4, 0.5) is 11.4 Å². The third kappa shape index (κ3) is 3.88. The lowest BCUT2D eigenvalue weighted by Crippen LogP contribution is -2.13. The number of ether oxygens (including phenoxy) is 1. The van der Waals surface area contributed by atoms with Crippen LogP contribution in [0.25, 0.3) is 0 Å². The lowest BCUT2D eigenvalue weighted by Gasteiger charge is -2.11. The minimum Gasteiger partial charge on any atom is -0.491 e. The molecule has 6 heteroatoms. The Morgan fingerprint density at radius 1 is 1.14 bits per heavy atom. The first-order chi connectivity index (χ1) is 10.0. The van der Waals surface area contributed by atoms with Crippen molar-refractivity contribution in [3.63, 3.8) is 0 Å². The molecule has 0 unspecified atom stereocenters. The van der Waals surface area contributed by atoms with E-state index in [1.165, 1.54) is 12.1 Å². The largest absolute Gasteiger partial charge is 0.491 e. The van der Waals surface area contributed by atoms with Crippen molar-refractivity contribution < 1.29 is 13.2 Å². The second-order valence-electron chi connectivity index (χ2n) is 4.52. The third-order valence-corrected chi connectivity index (χ3v) is 4.16. The Labute approximate surface area is 124 Å². The lowest BCUT2D eigenvalue weighted by atomic mass is 10.3. The number of nitrogen functional groups attached to an aromatic ring is 1. The van der Waals surface area contributed by atoms with Gasteiger partial charge >= 0.3 is 0 Å². The molecule has 0 heterocycles. The van der Waals surface area contributed by atoms with Crippen LogP contribution >= 0.6 is 0 Å². The molecule has 0 spiro atoms. The Hall–Kier alpha value is -2.21. The van der Waals surface area contributed by atoms with Gasteiger partial charge in [0, 0.05) is 5.69 Å². The first-order valence-electron chi connectivity index (χ1n) is 6.63. The summed E-state index contributed by atoms with van der Waals surface area (Å²) >= 11 is 0. The summed E-state index contributed by atoms with van der Waals surface area (Å²) in [5.74, 6) is 0.496. The number of anilines is 2. The summed E-state index contributed by atoms with van der Waals surface area (Å²) in [6, 6.07) is 13.1. The van der Waals surface area contributed by atoms with Gasteiger partial charge in [0.25, 0.3) is 10.0 Å². The highest BCUT2D eigenvalue weighted by atomic mass is 32.2. The van der Waals surface area contributed by atoms with Crippen molar-refractivity contribution in [2.75, 3.05) is 17.1 Å². The topological polar surface area (TPSA) is 81.4 Å². The van der Waals surface area contributed by atoms with E-state index in [4.69, 9.17) is 10.5 Å². The van der Waals surface area contributed by atoms with Gasteiger partial charge in [0.15, 0.2) is 0 Å². The SMILES string of the molecule is CCCOc1ccc(S(=O)(=O)Nc2ccccc2)cc1N. The minimum absolute atomic E-state index is 0.104. The van der Waals surface area contributed by atoms with Gasteiger partial charge in [-0.05, 0) is 36.8 Å². The summed E-state index contributed by atoms with van der Waals surface area (Å²) in [5, 5.41) is 0. The van der Waals surface area contributed by atoms with Crippen LogP contribution in [0.1, 0.15) is 13.3 Å². The van der Waals surface area contributed by atoms with Gasteiger partial charge in [-0.1, -0.05) is 25.1 Å². The highest BCUT2D eigenvalue weighted by Crippen LogP contribution is 2.26. The van der Waals surface area contributed by atoms with Gasteiger partial charge < -0.3 is 10.5 Å². The Bertz CT molecular complexity index is 700. The summed E-state index contributed by atoms with van der Waals surface area (Å²) in [4.78, 5) is 0.104. The van der Waals surface area contributed by atoms with Crippen LogP contribution in [0.5, 0.6) is 5.75 Å². The number of hydrogen-bond acceptors (Lipinski definition) is 4. The Morgan fingerprint density at radius 3 is 2.48 bits per heavy atom. The van der Waals surface area contributed by atoms with Crippen molar-refractivity contribution in [1.29, 1.82) is 0 Å². The molecule has 0 aromatic heterocycles. The van der Waals surface area contributed by atoms with E-state index >= 15 is 0 Å². The summed E-state index contributed by atoms with van der Waals surface area (Å²) in [5.41, 5.74) is 6.64. The Morgan fingerprint density at radius 2 is 1.86 bits per heavy atom. The second-order valence-corrected chi connectivity index (χ2v) is 6.20. The minimum atomic E-state index is -3.66. The maximum atomic E-state index is 12.3. The fourth-order valence-electron chi connectivity index (χ4n) is 1.76. The predicted molar refractivity (Wildman–Crippen MR) is 83.9 cm³/mol. The van der Waals surface area contributed by atoms with Crippen molar-refractivity contribution in [2.24, 2.45) is 0 Å². The van der Waals surface area contributed by atoms with Crippen molar-refractivity contribution in [1.82, 2.24) is 0 Å². The van der Waals surface area contributed by atoms with Crippen molar-refractivity contribution in [2.45, 2.75) is 18.2 Å². The average molecular weight is 306 g/mol. The zero-order valence-electron chi connectivity index (χ0n) is 11.7. The maximum absolute atomic E-state index is 12.3. The zero-order chi connectivity index (χ0) is 15.3. The highest BCUT2D eigenvalue weighted by Gasteiger charge is 2.15. The normalized spacial score (nSPS) is 11.1. The summed E-state index contributed by atoms with van der Waals surface area (Å²) in [7, 11) is -3.66. The first-order valence-corrected chi connectivity index (χ1v) is 8.11. The van der Waals surface area contributed by atoms with E-state index in [1.54, 1.807) is 30.3 Å². The molecule has 0 saturated carbocycles. The van der Waals surface area contributed by atoms with Gasteiger partial charge in [-0.15, -0.1) is 0 Å². The van der Waals surface area contributed by atoms with E-state index < -0.39 is 10.0 Å². The van der Waals surface area contributed by atoms with Gasteiger partial charge in [-0.2, -0.15) is 0 Å². The number of nitrogens with two attached hydrogens (primary N) is 1. The molecule has 0 amide bonds. The molecule has 0 aliphatic rings. The van der Waals surface area contributed by atoms with Gasteiger partial charge in [-0.3, -0.25) is 4.72 Å². The number of sulfonamides is 1. The smallest absolute Gasteiger partial charge is 0.261 e. The molecular formula is C15H18N2O3S. The van der Waals surface area contributed by atoms with Gasteiger partial charge in [0.05, 0.1) is 17.2 Å². The molecule has 0 atom stereocenters. The van der Waals surface area contributed by atoms with Gasteiger partial charge in [0.2, 0.25) is 0 Å². The van der Waals surface area contributed by atoms with E-state index in [1.807, 2.05) is 13.0 Å². The molecular weight excluding hydrogens is 288 g/mol. The van der Waals surface area contributed by atoms with E-state index in [9.17, 15) is 8.42 Å². The van der Waals surface area contributed by atoms with Crippen LogP contribution < -0.4 is 15.2 Å².